The zero-order valence-electron chi connectivity index (χ0n) is 11.7. The maximum atomic E-state index is 12.2. The molecule has 1 aromatic carbocycles. The number of amides is 2. The molecule has 0 bridgehead atoms. The Balaban J connectivity index is 2.01. The number of para-hydroxylation sites is 1. The van der Waals surface area contributed by atoms with Crippen LogP contribution in [0.1, 0.15) is 24.8 Å². The number of aliphatic carboxylic acids is 1. The van der Waals surface area contributed by atoms with E-state index in [1.807, 2.05) is 6.07 Å². The second-order valence-electron chi connectivity index (χ2n) is 5.18. The summed E-state index contributed by atoms with van der Waals surface area (Å²) in [6, 6.07) is 8.44. The van der Waals surface area contributed by atoms with Gasteiger partial charge in [-0.1, -0.05) is 12.1 Å². The second-order valence-corrected chi connectivity index (χ2v) is 5.18. The topological polar surface area (TPSA) is 93.4 Å². The molecular weight excluding hydrogens is 270 g/mol. The van der Waals surface area contributed by atoms with Crippen LogP contribution in [0, 0.1) is 17.2 Å². The van der Waals surface area contributed by atoms with Gasteiger partial charge in [0.2, 0.25) is 0 Å². The van der Waals surface area contributed by atoms with E-state index in [4.69, 9.17) is 10.4 Å². The van der Waals surface area contributed by atoms with Crippen molar-refractivity contribution in [2.45, 2.75) is 25.3 Å². The smallest absolute Gasteiger partial charge is 0.321 e. The van der Waals surface area contributed by atoms with Crippen LogP contribution in [0.25, 0.3) is 0 Å². The molecule has 0 saturated heterocycles. The fourth-order valence-corrected chi connectivity index (χ4v) is 2.58. The first kappa shape index (κ1) is 14.9. The zero-order chi connectivity index (χ0) is 15.4. The standard InChI is InChI=1S/C15H17N3O3/c1-18(13-5-3-2-4-11(13)9-16)15(21)17-12-7-6-10(8-12)14(19)20/h2-5,10,12H,6-8H2,1H3,(H,17,21)(H,19,20). The Bertz CT molecular complexity index is 594. The number of nitrogens with zero attached hydrogens (tertiary/aromatic N) is 2. The molecule has 0 radical (unpaired) electrons. The zero-order valence-corrected chi connectivity index (χ0v) is 11.7. The number of nitriles is 1. The van der Waals surface area contributed by atoms with E-state index >= 15 is 0 Å². The number of carbonyl (C=O) groups is 2. The molecule has 1 aromatic rings. The Hall–Kier alpha value is -2.55. The van der Waals surface area contributed by atoms with Gasteiger partial charge in [0.05, 0.1) is 17.2 Å². The molecule has 0 aromatic heterocycles. The van der Waals surface area contributed by atoms with E-state index in [1.54, 1.807) is 31.3 Å². The summed E-state index contributed by atoms with van der Waals surface area (Å²) in [5, 5.41) is 20.8. The van der Waals surface area contributed by atoms with Gasteiger partial charge in [0.25, 0.3) is 0 Å². The number of carboxylic acids is 1. The number of nitrogens with one attached hydrogen (secondary N) is 1. The lowest BCUT2D eigenvalue weighted by atomic mass is 10.1. The molecule has 0 heterocycles. The molecule has 2 rings (SSSR count). The monoisotopic (exact) mass is 287 g/mol. The molecule has 0 aliphatic heterocycles. The van der Waals surface area contributed by atoms with E-state index in [1.165, 1.54) is 4.90 Å². The van der Waals surface area contributed by atoms with E-state index in [0.29, 0.717) is 30.5 Å². The maximum absolute atomic E-state index is 12.2. The summed E-state index contributed by atoms with van der Waals surface area (Å²) in [4.78, 5) is 24.5. The van der Waals surface area contributed by atoms with Crippen LogP contribution in [0.15, 0.2) is 24.3 Å². The number of benzene rings is 1. The van der Waals surface area contributed by atoms with Gasteiger partial charge in [-0.15, -0.1) is 0 Å². The van der Waals surface area contributed by atoms with Crippen molar-refractivity contribution in [3.63, 3.8) is 0 Å². The highest BCUT2D eigenvalue weighted by Crippen LogP contribution is 2.26. The maximum Gasteiger partial charge on any atom is 0.321 e. The molecule has 6 nitrogen and oxygen atoms in total. The average molecular weight is 287 g/mol. The van der Waals surface area contributed by atoms with Crippen molar-refractivity contribution in [2.75, 3.05) is 11.9 Å². The summed E-state index contributed by atoms with van der Waals surface area (Å²) in [6.07, 6.45) is 1.70. The number of anilines is 1. The van der Waals surface area contributed by atoms with Gasteiger partial charge >= 0.3 is 12.0 Å². The van der Waals surface area contributed by atoms with Gasteiger partial charge in [-0.25, -0.2) is 4.79 Å². The lowest BCUT2D eigenvalue weighted by Gasteiger charge is -2.22. The van der Waals surface area contributed by atoms with E-state index in [-0.39, 0.29) is 18.0 Å². The third kappa shape index (κ3) is 3.31. The molecule has 2 amide bonds. The predicted molar refractivity (Wildman–Crippen MR) is 76.9 cm³/mol. The Morgan fingerprint density at radius 3 is 2.71 bits per heavy atom. The third-order valence-electron chi connectivity index (χ3n) is 3.80. The lowest BCUT2D eigenvalue weighted by Crippen LogP contribution is -2.42. The van der Waals surface area contributed by atoms with E-state index in [9.17, 15) is 9.59 Å². The van der Waals surface area contributed by atoms with Gasteiger partial charge in [-0.2, -0.15) is 5.26 Å². The summed E-state index contributed by atoms with van der Waals surface area (Å²) in [5.74, 6) is -1.19. The Labute approximate surface area is 123 Å². The minimum atomic E-state index is -0.810. The average Bonchev–Trinajstić information content (AvgIpc) is 2.95. The first-order valence-corrected chi connectivity index (χ1v) is 6.79. The van der Waals surface area contributed by atoms with Crippen molar-refractivity contribution < 1.29 is 14.7 Å². The number of urea groups is 1. The number of rotatable bonds is 3. The fourth-order valence-electron chi connectivity index (χ4n) is 2.58. The van der Waals surface area contributed by atoms with Gasteiger partial charge < -0.3 is 10.4 Å². The molecule has 21 heavy (non-hydrogen) atoms. The van der Waals surface area contributed by atoms with Crippen LogP contribution in [0.2, 0.25) is 0 Å². The Morgan fingerprint density at radius 2 is 2.10 bits per heavy atom. The minimum Gasteiger partial charge on any atom is -0.481 e. The first-order valence-electron chi connectivity index (χ1n) is 6.79. The molecule has 0 spiro atoms. The van der Waals surface area contributed by atoms with Crippen LogP contribution in [-0.4, -0.2) is 30.2 Å². The largest absolute Gasteiger partial charge is 0.481 e. The highest BCUT2D eigenvalue weighted by Gasteiger charge is 2.31. The van der Waals surface area contributed by atoms with Gasteiger partial charge in [-0.05, 0) is 31.4 Å². The molecule has 110 valence electrons. The fraction of sp³-hybridized carbons (Fsp3) is 0.400. The molecular formula is C15H17N3O3. The molecule has 2 unspecified atom stereocenters. The number of carbonyl (C=O) groups excluding carboxylic acids is 1. The highest BCUT2D eigenvalue weighted by atomic mass is 16.4. The summed E-state index contributed by atoms with van der Waals surface area (Å²) in [5.41, 5.74) is 0.954. The van der Waals surface area contributed by atoms with E-state index in [2.05, 4.69) is 5.32 Å². The molecule has 1 saturated carbocycles. The minimum absolute atomic E-state index is 0.129. The molecule has 1 fully saturated rings. The van der Waals surface area contributed by atoms with Crippen LogP contribution in [-0.2, 0) is 4.79 Å². The summed E-state index contributed by atoms with van der Waals surface area (Å²) in [7, 11) is 1.59. The molecule has 1 aliphatic rings. The van der Waals surface area contributed by atoms with Crippen molar-refractivity contribution in [1.82, 2.24) is 5.32 Å². The van der Waals surface area contributed by atoms with Gasteiger partial charge in [0.15, 0.2) is 0 Å². The Morgan fingerprint density at radius 1 is 1.38 bits per heavy atom. The molecule has 6 heteroatoms. The van der Waals surface area contributed by atoms with Crippen LogP contribution in [0.5, 0.6) is 0 Å². The van der Waals surface area contributed by atoms with Crippen LogP contribution < -0.4 is 10.2 Å². The molecule has 1 aliphatic carbocycles. The van der Waals surface area contributed by atoms with Crippen LogP contribution >= 0.6 is 0 Å². The highest BCUT2D eigenvalue weighted by molar-refractivity contribution is 5.93. The van der Waals surface area contributed by atoms with Gasteiger partial charge in [0, 0.05) is 13.1 Å². The first-order chi connectivity index (χ1) is 10.0. The SMILES string of the molecule is CN(C(=O)NC1CCC(C(=O)O)C1)c1ccccc1C#N. The van der Waals surface area contributed by atoms with Crippen molar-refractivity contribution in [3.8, 4) is 6.07 Å². The van der Waals surface area contributed by atoms with Crippen molar-refractivity contribution in [3.05, 3.63) is 29.8 Å². The number of hydrogen-bond donors (Lipinski definition) is 2. The van der Waals surface area contributed by atoms with Crippen molar-refractivity contribution in [1.29, 1.82) is 5.26 Å². The van der Waals surface area contributed by atoms with E-state index in [0.717, 1.165) is 0 Å². The molecule has 2 atom stereocenters. The summed E-state index contributed by atoms with van der Waals surface area (Å²) in [6.45, 7) is 0. The normalized spacial score (nSPS) is 20.6. The van der Waals surface area contributed by atoms with Crippen LogP contribution in [0.4, 0.5) is 10.5 Å². The van der Waals surface area contributed by atoms with Crippen LogP contribution in [0.3, 0.4) is 0 Å². The Kier molecular flexibility index (Phi) is 4.43. The lowest BCUT2D eigenvalue weighted by molar-refractivity contribution is -0.141. The number of carboxylic acid groups (broad SMARTS) is 1. The summed E-state index contributed by atoms with van der Waals surface area (Å²) < 4.78 is 0. The third-order valence-corrected chi connectivity index (χ3v) is 3.80. The quantitative estimate of drug-likeness (QED) is 0.888. The van der Waals surface area contributed by atoms with Gasteiger partial charge in [0.1, 0.15) is 6.07 Å². The molecule has 2 N–H and O–H groups in total. The van der Waals surface area contributed by atoms with E-state index < -0.39 is 5.97 Å². The second kappa shape index (κ2) is 6.27. The summed E-state index contributed by atoms with van der Waals surface area (Å²) >= 11 is 0. The van der Waals surface area contributed by atoms with Gasteiger partial charge in [-0.3, -0.25) is 9.69 Å². The van der Waals surface area contributed by atoms with Crippen molar-refractivity contribution >= 4 is 17.7 Å². The van der Waals surface area contributed by atoms with Crippen molar-refractivity contribution in [2.24, 2.45) is 5.92 Å². The predicted octanol–water partition coefficient (Wildman–Crippen LogP) is 1.96. The number of hydrogen-bond acceptors (Lipinski definition) is 3.